The molecule has 0 fully saturated rings. The first-order valence-electron chi connectivity index (χ1n) is 5.88. The molecule has 0 saturated heterocycles. The molecule has 3 rings (SSSR count). The van der Waals surface area contributed by atoms with Gasteiger partial charge in [0.1, 0.15) is 5.82 Å². The van der Waals surface area contributed by atoms with E-state index < -0.39 is 0 Å². The van der Waals surface area contributed by atoms with Gasteiger partial charge in [0.05, 0.1) is 5.69 Å². The summed E-state index contributed by atoms with van der Waals surface area (Å²) in [6.45, 7) is 5.47. The van der Waals surface area contributed by atoms with Gasteiger partial charge in [-0.25, -0.2) is 9.50 Å². The summed E-state index contributed by atoms with van der Waals surface area (Å²) in [6.07, 6.45) is 1.56. The zero-order chi connectivity index (χ0) is 13.4. The molecular weight excluding hydrogens is 240 g/mol. The second-order valence-electron chi connectivity index (χ2n) is 4.18. The van der Waals surface area contributed by atoms with E-state index in [1.165, 1.54) is 0 Å². The Morgan fingerprint density at radius 1 is 1.32 bits per heavy atom. The first kappa shape index (κ1) is 11.4. The lowest BCUT2D eigenvalue weighted by atomic mass is 10.2. The largest absolute Gasteiger partial charge is 0.303 e. The Labute approximate surface area is 109 Å². The van der Waals surface area contributed by atoms with Gasteiger partial charge >= 0.3 is 0 Å². The molecule has 2 heterocycles. The molecule has 0 saturated carbocycles. The summed E-state index contributed by atoms with van der Waals surface area (Å²) >= 11 is 0. The number of hydrogen-bond acceptors (Lipinski definition) is 3. The van der Waals surface area contributed by atoms with Crippen LogP contribution in [0, 0.1) is 6.92 Å². The number of imidazole rings is 1. The highest BCUT2D eigenvalue weighted by Gasteiger charge is 2.12. The van der Waals surface area contributed by atoms with Gasteiger partial charge in [-0.2, -0.15) is 0 Å². The molecular formula is C14H12N4O. The number of rotatable bonds is 2. The third-order valence-corrected chi connectivity index (χ3v) is 2.93. The number of aryl methyl sites for hydroxylation is 1. The third kappa shape index (κ3) is 1.76. The number of fused-ring (bicyclic) bond motifs is 1. The summed E-state index contributed by atoms with van der Waals surface area (Å²) in [6, 6.07) is 9.50. The zero-order valence-electron chi connectivity index (χ0n) is 10.4. The SMILES string of the molecule is C=Cc1nc(C)n2nc(-c3ccccc3)[nH]c(=O)c12. The van der Waals surface area contributed by atoms with Crippen LogP contribution in [-0.2, 0) is 0 Å². The Bertz CT molecular complexity index is 815. The normalized spacial score (nSPS) is 10.8. The standard InChI is InChI=1S/C14H12N4O/c1-3-11-12-14(19)16-13(10-7-5-4-6-8-10)17-18(12)9(2)15-11/h3-8H,1H2,2H3,(H,16,17,19). The van der Waals surface area contributed by atoms with Gasteiger partial charge < -0.3 is 4.98 Å². The lowest BCUT2D eigenvalue weighted by Gasteiger charge is -2.02. The quantitative estimate of drug-likeness (QED) is 0.759. The van der Waals surface area contributed by atoms with Crippen LogP contribution in [0.5, 0.6) is 0 Å². The minimum absolute atomic E-state index is 0.218. The van der Waals surface area contributed by atoms with E-state index in [0.717, 1.165) is 5.56 Å². The first-order chi connectivity index (χ1) is 9.20. The fourth-order valence-electron chi connectivity index (χ4n) is 2.04. The van der Waals surface area contributed by atoms with Crippen molar-refractivity contribution in [2.75, 3.05) is 0 Å². The molecule has 5 heteroatoms. The van der Waals surface area contributed by atoms with Gasteiger partial charge in [-0.1, -0.05) is 36.9 Å². The highest BCUT2D eigenvalue weighted by molar-refractivity contribution is 5.66. The Morgan fingerprint density at radius 3 is 2.74 bits per heavy atom. The molecule has 2 aromatic heterocycles. The van der Waals surface area contributed by atoms with Gasteiger partial charge in [0.25, 0.3) is 5.56 Å². The molecule has 19 heavy (non-hydrogen) atoms. The highest BCUT2D eigenvalue weighted by atomic mass is 16.1. The van der Waals surface area contributed by atoms with Crippen LogP contribution in [0.4, 0.5) is 0 Å². The van der Waals surface area contributed by atoms with E-state index in [9.17, 15) is 4.79 Å². The van der Waals surface area contributed by atoms with Crippen LogP contribution in [0.2, 0.25) is 0 Å². The van der Waals surface area contributed by atoms with E-state index in [1.807, 2.05) is 30.3 Å². The summed E-state index contributed by atoms with van der Waals surface area (Å²) in [5.74, 6) is 1.18. The van der Waals surface area contributed by atoms with Gasteiger partial charge in [-0.3, -0.25) is 4.79 Å². The lowest BCUT2D eigenvalue weighted by molar-refractivity contribution is 0.850. The van der Waals surface area contributed by atoms with Crippen molar-refractivity contribution in [1.29, 1.82) is 0 Å². The Morgan fingerprint density at radius 2 is 2.05 bits per heavy atom. The molecule has 94 valence electrons. The van der Waals surface area contributed by atoms with Crippen molar-refractivity contribution in [2.24, 2.45) is 0 Å². The molecule has 0 atom stereocenters. The molecule has 0 radical (unpaired) electrons. The number of H-pyrrole nitrogens is 1. The van der Waals surface area contributed by atoms with E-state index in [-0.39, 0.29) is 5.56 Å². The molecule has 1 aromatic carbocycles. The minimum atomic E-state index is -0.218. The topological polar surface area (TPSA) is 63.1 Å². The maximum atomic E-state index is 12.2. The number of aromatic nitrogens is 4. The number of aromatic amines is 1. The van der Waals surface area contributed by atoms with Gasteiger partial charge in [0, 0.05) is 5.56 Å². The van der Waals surface area contributed by atoms with Gasteiger partial charge in [0.15, 0.2) is 11.3 Å². The van der Waals surface area contributed by atoms with Crippen molar-refractivity contribution in [3.8, 4) is 11.4 Å². The van der Waals surface area contributed by atoms with E-state index in [0.29, 0.717) is 22.9 Å². The maximum absolute atomic E-state index is 12.2. The van der Waals surface area contributed by atoms with Crippen LogP contribution < -0.4 is 5.56 Å². The predicted molar refractivity (Wildman–Crippen MR) is 73.9 cm³/mol. The van der Waals surface area contributed by atoms with Crippen molar-refractivity contribution in [3.05, 3.63) is 58.8 Å². The van der Waals surface area contributed by atoms with Gasteiger partial charge in [-0.15, -0.1) is 5.10 Å². The first-order valence-corrected chi connectivity index (χ1v) is 5.88. The minimum Gasteiger partial charge on any atom is -0.303 e. The van der Waals surface area contributed by atoms with Crippen molar-refractivity contribution < 1.29 is 0 Å². The fourth-order valence-corrected chi connectivity index (χ4v) is 2.04. The second-order valence-corrected chi connectivity index (χ2v) is 4.18. The molecule has 5 nitrogen and oxygen atoms in total. The fraction of sp³-hybridized carbons (Fsp3) is 0.0714. The van der Waals surface area contributed by atoms with Crippen molar-refractivity contribution in [1.82, 2.24) is 19.6 Å². The third-order valence-electron chi connectivity index (χ3n) is 2.93. The Kier molecular flexibility index (Phi) is 2.52. The van der Waals surface area contributed by atoms with E-state index >= 15 is 0 Å². The Hall–Kier alpha value is -2.69. The Balaban J connectivity index is 2.35. The molecule has 1 N–H and O–H groups in total. The second kappa shape index (κ2) is 4.20. The van der Waals surface area contributed by atoms with Crippen LogP contribution in [0.25, 0.3) is 23.0 Å². The van der Waals surface area contributed by atoms with Crippen LogP contribution >= 0.6 is 0 Å². The molecule has 3 aromatic rings. The number of benzene rings is 1. The summed E-state index contributed by atoms with van der Waals surface area (Å²) < 4.78 is 1.55. The number of nitrogens with zero attached hydrogens (tertiary/aromatic N) is 3. The summed E-state index contributed by atoms with van der Waals surface area (Å²) in [5.41, 5.74) is 1.61. The van der Waals surface area contributed by atoms with E-state index in [1.54, 1.807) is 17.5 Å². The molecule has 0 aliphatic heterocycles. The molecule has 0 aliphatic carbocycles. The zero-order valence-corrected chi connectivity index (χ0v) is 10.4. The molecule has 0 amide bonds. The molecule has 0 bridgehead atoms. The smallest absolute Gasteiger partial charge is 0.277 e. The van der Waals surface area contributed by atoms with Gasteiger partial charge in [0.2, 0.25) is 0 Å². The van der Waals surface area contributed by atoms with Gasteiger partial charge in [-0.05, 0) is 13.0 Å². The van der Waals surface area contributed by atoms with Crippen molar-refractivity contribution in [2.45, 2.75) is 6.92 Å². The average molecular weight is 252 g/mol. The van der Waals surface area contributed by atoms with Crippen molar-refractivity contribution in [3.63, 3.8) is 0 Å². The van der Waals surface area contributed by atoms with Crippen LogP contribution in [-0.4, -0.2) is 19.6 Å². The maximum Gasteiger partial charge on any atom is 0.277 e. The number of nitrogens with one attached hydrogen (secondary N) is 1. The predicted octanol–water partition coefficient (Wildman–Crippen LogP) is 2.04. The van der Waals surface area contributed by atoms with Crippen LogP contribution in [0.3, 0.4) is 0 Å². The van der Waals surface area contributed by atoms with Crippen molar-refractivity contribution >= 4 is 11.6 Å². The average Bonchev–Trinajstić information content (AvgIpc) is 2.77. The molecule has 0 aliphatic rings. The lowest BCUT2D eigenvalue weighted by Crippen LogP contribution is -2.14. The summed E-state index contributed by atoms with van der Waals surface area (Å²) in [4.78, 5) is 19.2. The monoisotopic (exact) mass is 252 g/mol. The highest BCUT2D eigenvalue weighted by Crippen LogP contribution is 2.14. The summed E-state index contributed by atoms with van der Waals surface area (Å²) in [7, 11) is 0. The van der Waals surface area contributed by atoms with Crippen LogP contribution in [0.15, 0.2) is 41.7 Å². The number of hydrogen-bond donors (Lipinski definition) is 1. The van der Waals surface area contributed by atoms with E-state index in [4.69, 9.17) is 0 Å². The summed E-state index contributed by atoms with van der Waals surface area (Å²) in [5, 5.41) is 4.43. The molecule has 0 spiro atoms. The van der Waals surface area contributed by atoms with E-state index in [2.05, 4.69) is 21.6 Å². The van der Waals surface area contributed by atoms with Crippen LogP contribution in [0.1, 0.15) is 11.5 Å². The molecule has 0 unspecified atom stereocenters.